The van der Waals surface area contributed by atoms with E-state index in [-0.39, 0.29) is 18.6 Å². The van der Waals surface area contributed by atoms with Gasteiger partial charge in [0.25, 0.3) is 0 Å². The van der Waals surface area contributed by atoms with Gasteiger partial charge < -0.3 is 39.9 Å². The fraction of sp³-hybridized carbons (Fsp3) is 0.612. The van der Waals surface area contributed by atoms with Crippen LogP contribution in [0.5, 0.6) is 0 Å². The summed E-state index contributed by atoms with van der Waals surface area (Å²) in [6.07, 6.45) is 32.9. The van der Waals surface area contributed by atoms with E-state index in [1.165, 1.54) is 12.8 Å². The fourth-order valence-corrected chi connectivity index (χ4v) is 7.15. The number of phosphoric acid groups is 1. The first-order chi connectivity index (χ1) is 30.8. The van der Waals surface area contributed by atoms with Crippen LogP contribution in [-0.2, 0) is 37.5 Å². The first kappa shape index (κ1) is 58.5. The molecule has 1 aliphatic rings. The highest BCUT2D eigenvalue weighted by Gasteiger charge is 2.51. The minimum Gasteiger partial charge on any atom is -0.462 e. The van der Waals surface area contributed by atoms with E-state index in [1.807, 2.05) is 24.3 Å². The smallest absolute Gasteiger partial charge is 0.462 e. The molecular formula is C49H77O14P. The van der Waals surface area contributed by atoms with E-state index < -0.39 is 75.7 Å². The minimum atomic E-state index is -5.17. The van der Waals surface area contributed by atoms with Gasteiger partial charge in [-0.1, -0.05) is 137 Å². The van der Waals surface area contributed by atoms with Crippen molar-refractivity contribution in [2.75, 3.05) is 13.2 Å². The highest BCUT2D eigenvalue weighted by atomic mass is 31.2. The number of esters is 2. The summed E-state index contributed by atoms with van der Waals surface area (Å²) in [5.74, 6) is -1.24. The number of carbonyl (C=O) groups excluding carboxylic acids is 3. The second-order valence-corrected chi connectivity index (χ2v) is 17.0. The normalized spacial score (nSPS) is 22.4. The molecule has 0 radical (unpaired) electrons. The van der Waals surface area contributed by atoms with Gasteiger partial charge in [-0.3, -0.25) is 23.4 Å². The molecule has 8 atom stereocenters. The Balaban J connectivity index is 2.56. The predicted octanol–water partition coefficient (Wildman–Crippen LogP) is 8.23. The Hall–Kier alpha value is -3.56. The highest BCUT2D eigenvalue weighted by Crippen LogP contribution is 2.47. The van der Waals surface area contributed by atoms with Crippen LogP contribution in [0.2, 0.25) is 0 Å². The number of aliphatic hydroxyl groups is 5. The number of phosphoric ester groups is 1. The number of ether oxygens (including phenoxy) is 2. The summed E-state index contributed by atoms with van der Waals surface area (Å²) in [5, 5.41) is 50.1. The number of aliphatic hydroxyl groups excluding tert-OH is 5. The van der Waals surface area contributed by atoms with Crippen LogP contribution in [0.3, 0.4) is 0 Å². The van der Waals surface area contributed by atoms with Crippen molar-refractivity contribution < 1.29 is 67.9 Å². The van der Waals surface area contributed by atoms with Crippen LogP contribution in [0.25, 0.3) is 0 Å². The Morgan fingerprint density at radius 3 is 1.62 bits per heavy atom. The Labute approximate surface area is 381 Å². The lowest BCUT2D eigenvalue weighted by atomic mass is 9.85. The van der Waals surface area contributed by atoms with Crippen molar-refractivity contribution in [1.29, 1.82) is 0 Å². The van der Waals surface area contributed by atoms with Crippen LogP contribution >= 0.6 is 7.82 Å². The summed E-state index contributed by atoms with van der Waals surface area (Å²) >= 11 is 0. The van der Waals surface area contributed by atoms with Crippen molar-refractivity contribution in [2.45, 2.75) is 179 Å². The molecule has 0 heterocycles. The molecule has 0 saturated heterocycles. The van der Waals surface area contributed by atoms with Crippen molar-refractivity contribution in [3.8, 4) is 0 Å². The summed E-state index contributed by atoms with van der Waals surface area (Å²) in [6.45, 7) is 2.95. The SMILES string of the molecule is CC/C=C\C/C=C\C/C=C\C/C=C\C/C=C\C/C=C\CCC(=O)OC[C@H](COP(=O)(O)OC1[C@H](O)[C@H](O)C(O)[C@H](O)[C@H]1O)OC(=O)CCCCCCCC(=O)/C=C/C=C\CCCCC. The molecule has 14 nitrogen and oxygen atoms in total. The molecule has 1 fully saturated rings. The van der Waals surface area contributed by atoms with Crippen LogP contribution in [-0.4, -0.2) is 104 Å². The number of allylic oxidation sites excluding steroid dienone is 16. The van der Waals surface area contributed by atoms with Gasteiger partial charge in [-0.2, -0.15) is 0 Å². The summed E-state index contributed by atoms with van der Waals surface area (Å²) in [5.41, 5.74) is 0. The third-order valence-corrected chi connectivity index (χ3v) is 10.9. The van der Waals surface area contributed by atoms with Crippen molar-refractivity contribution in [1.82, 2.24) is 0 Å². The Bertz CT molecular complexity index is 1550. The number of rotatable bonds is 36. The van der Waals surface area contributed by atoms with E-state index in [0.717, 1.165) is 64.2 Å². The third kappa shape index (κ3) is 29.8. The van der Waals surface area contributed by atoms with Gasteiger partial charge in [-0.15, -0.1) is 0 Å². The second kappa shape index (κ2) is 37.6. The van der Waals surface area contributed by atoms with Gasteiger partial charge in [-0.05, 0) is 76.7 Å². The average Bonchev–Trinajstić information content (AvgIpc) is 3.27. The molecule has 0 aromatic rings. The maximum Gasteiger partial charge on any atom is 0.472 e. The molecule has 1 saturated carbocycles. The highest BCUT2D eigenvalue weighted by molar-refractivity contribution is 7.47. The lowest BCUT2D eigenvalue weighted by Crippen LogP contribution is -2.64. The number of hydrogen-bond acceptors (Lipinski definition) is 13. The number of hydrogen-bond donors (Lipinski definition) is 6. The first-order valence-corrected chi connectivity index (χ1v) is 24.5. The largest absolute Gasteiger partial charge is 0.472 e. The van der Waals surface area contributed by atoms with E-state index in [4.69, 9.17) is 18.5 Å². The van der Waals surface area contributed by atoms with E-state index in [2.05, 4.69) is 74.6 Å². The van der Waals surface area contributed by atoms with Crippen molar-refractivity contribution in [3.05, 3.63) is 97.2 Å². The topological polar surface area (TPSA) is 227 Å². The maximum atomic E-state index is 12.8. The Kier molecular flexibility index (Phi) is 34.4. The van der Waals surface area contributed by atoms with Crippen LogP contribution in [0.4, 0.5) is 0 Å². The molecule has 3 unspecified atom stereocenters. The molecule has 0 aliphatic heterocycles. The Morgan fingerprint density at radius 2 is 1.06 bits per heavy atom. The van der Waals surface area contributed by atoms with Crippen LogP contribution in [0, 0.1) is 0 Å². The van der Waals surface area contributed by atoms with Gasteiger partial charge in [0.15, 0.2) is 11.9 Å². The zero-order chi connectivity index (χ0) is 47.3. The molecule has 0 bridgehead atoms. The van der Waals surface area contributed by atoms with Crippen molar-refractivity contribution in [3.63, 3.8) is 0 Å². The van der Waals surface area contributed by atoms with Crippen LogP contribution in [0.1, 0.15) is 136 Å². The lowest BCUT2D eigenvalue weighted by molar-refractivity contribution is -0.220. The molecule has 1 aliphatic carbocycles. The molecule has 0 aromatic heterocycles. The predicted molar refractivity (Wildman–Crippen MR) is 249 cm³/mol. The monoisotopic (exact) mass is 921 g/mol. The zero-order valence-electron chi connectivity index (χ0n) is 38.0. The summed E-state index contributed by atoms with van der Waals surface area (Å²) in [7, 11) is -5.17. The van der Waals surface area contributed by atoms with Gasteiger partial charge in [-0.25, -0.2) is 4.57 Å². The number of unbranched alkanes of at least 4 members (excludes halogenated alkanes) is 7. The van der Waals surface area contributed by atoms with E-state index in [0.29, 0.717) is 32.1 Å². The first-order valence-electron chi connectivity index (χ1n) is 23.0. The Morgan fingerprint density at radius 1 is 0.547 bits per heavy atom. The van der Waals surface area contributed by atoms with Gasteiger partial charge in [0.05, 0.1) is 6.61 Å². The molecule has 6 N–H and O–H groups in total. The quantitative estimate of drug-likeness (QED) is 0.00870. The van der Waals surface area contributed by atoms with Crippen LogP contribution in [0.15, 0.2) is 97.2 Å². The third-order valence-electron chi connectivity index (χ3n) is 9.90. The summed E-state index contributed by atoms with van der Waals surface area (Å²) in [4.78, 5) is 47.8. The van der Waals surface area contributed by atoms with E-state index in [1.54, 1.807) is 12.2 Å². The lowest BCUT2D eigenvalue weighted by Gasteiger charge is -2.41. The zero-order valence-corrected chi connectivity index (χ0v) is 38.9. The molecule has 0 amide bonds. The maximum absolute atomic E-state index is 12.8. The standard InChI is InChI=1S/C49H77O14P/c1-3-5-7-9-11-12-13-14-15-16-17-18-19-20-21-22-24-28-32-36-42(51)60-38-41(39-61-64(58,59)63-49-47(56)45(54)44(53)46(55)48(49)57)62-43(52)37-33-29-25-27-31-35-40(50)34-30-26-23-10-8-6-4-2/h5,7,11-12,14-15,17-18,20-21,23-24,26,28,30,34,41,44-49,53-57H,3-4,6,8-10,13,16,19,22,25,27,29,31-33,35-39H2,1-2H3,(H,58,59)/b7-5-,12-11-,15-14-,18-17-,21-20-,26-23-,28-24-,34-30+/t41-,44?,45-,46+,47-,48-,49?/m1/s1. The molecule has 15 heteroatoms. The van der Waals surface area contributed by atoms with Gasteiger partial charge in [0, 0.05) is 19.3 Å². The molecule has 0 aromatic carbocycles. The number of carbonyl (C=O) groups is 3. The molecule has 0 spiro atoms. The fourth-order valence-electron chi connectivity index (χ4n) is 6.17. The minimum absolute atomic E-state index is 0.00869. The molecular weight excluding hydrogens is 843 g/mol. The molecule has 362 valence electrons. The second-order valence-electron chi connectivity index (χ2n) is 15.6. The van der Waals surface area contributed by atoms with Crippen molar-refractivity contribution >= 4 is 25.5 Å². The molecule has 1 rings (SSSR count). The van der Waals surface area contributed by atoms with E-state index in [9.17, 15) is 49.4 Å². The van der Waals surface area contributed by atoms with Crippen molar-refractivity contribution in [2.24, 2.45) is 0 Å². The van der Waals surface area contributed by atoms with Gasteiger partial charge in [0.2, 0.25) is 0 Å². The average molecular weight is 921 g/mol. The summed E-state index contributed by atoms with van der Waals surface area (Å²) in [6, 6.07) is 0. The summed E-state index contributed by atoms with van der Waals surface area (Å²) < 4.78 is 33.3. The van der Waals surface area contributed by atoms with Crippen LogP contribution < -0.4 is 0 Å². The van der Waals surface area contributed by atoms with E-state index >= 15 is 0 Å². The van der Waals surface area contributed by atoms with Gasteiger partial charge in [0.1, 0.15) is 43.2 Å². The number of ketones is 1. The van der Waals surface area contributed by atoms with Gasteiger partial charge >= 0.3 is 19.8 Å². The molecule has 64 heavy (non-hydrogen) atoms.